The van der Waals surface area contributed by atoms with E-state index in [0.717, 1.165) is 25.7 Å². The van der Waals surface area contributed by atoms with E-state index >= 15 is 0 Å². The molecule has 0 atom stereocenters. The predicted octanol–water partition coefficient (Wildman–Crippen LogP) is 6.12. The van der Waals surface area contributed by atoms with Crippen LogP contribution in [-0.4, -0.2) is 0 Å². The van der Waals surface area contributed by atoms with Crippen LogP contribution in [0.4, 0.5) is 0 Å². The van der Waals surface area contributed by atoms with Gasteiger partial charge in [-0.25, -0.2) is 0 Å². The third kappa shape index (κ3) is 5.07. The molecule has 0 saturated heterocycles. The third-order valence-corrected chi connectivity index (χ3v) is 3.64. The monoisotopic (exact) mass is 276 g/mol. The first-order chi connectivity index (χ1) is 10.3. The van der Waals surface area contributed by atoms with Crippen molar-refractivity contribution in [1.29, 1.82) is 0 Å². The highest BCUT2D eigenvalue weighted by Crippen LogP contribution is 2.20. The van der Waals surface area contributed by atoms with Crippen LogP contribution in [0.15, 0.2) is 73.3 Å². The van der Waals surface area contributed by atoms with Crippen molar-refractivity contribution in [3.8, 4) is 11.1 Å². The average molecular weight is 276 g/mol. The Morgan fingerprint density at radius 3 is 1.95 bits per heavy atom. The third-order valence-electron chi connectivity index (χ3n) is 3.64. The van der Waals surface area contributed by atoms with Gasteiger partial charge >= 0.3 is 0 Å². The highest BCUT2D eigenvalue weighted by atomic mass is 14.0. The summed E-state index contributed by atoms with van der Waals surface area (Å²) in [4.78, 5) is 0. The number of benzene rings is 2. The SMILES string of the molecule is C=CCC/C=C/CCc1ccc(-c2ccc(C)cc2)cc1. The van der Waals surface area contributed by atoms with Crippen molar-refractivity contribution in [1.82, 2.24) is 0 Å². The summed E-state index contributed by atoms with van der Waals surface area (Å²) >= 11 is 0. The van der Waals surface area contributed by atoms with Gasteiger partial charge in [-0.15, -0.1) is 6.58 Å². The number of hydrogen-bond donors (Lipinski definition) is 0. The first kappa shape index (κ1) is 15.3. The Kier molecular flexibility index (Phi) is 6.02. The summed E-state index contributed by atoms with van der Waals surface area (Å²) in [5, 5.41) is 0. The molecule has 0 aromatic heterocycles. The van der Waals surface area contributed by atoms with E-state index in [0.29, 0.717) is 0 Å². The first-order valence-corrected chi connectivity index (χ1v) is 7.71. The fraction of sp³-hybridized carbons (Fsp3) is 0.238. The second-order valence-corrected chi connectivity index (χ2v) is 5.44. The van der Waals surface area contributed by atoms with Gasteiger partial charge in [0.25, 0.3) is 0 Å². The van der Waals surface area contributed by atoms with E-state index in [9.17, 15) is 0 Å². The zero-order valence-electron chi connectivity index (χ0n) is 12.9. The molecule has 0 aliphatic carbocycles. The van der Waals surface area contributed by atoms with E-state index in [1.165, 1.54) is 22.3 Å². The summed E-state index contributed by atoms with van der Waals surface area (Å²) < 4.78 is 0. The molecular weight excluding hydrogens is 252 g/mol. The minimum Gasteiger partial charge on any atom is -0.103 e. The summed E-state index contributed by atoms with van der Waals surface area (Å²) in [5.41, 5.74) is 5.29. The molecule has 0 saturated carbocycles. The van der Waals surface area contributed by atoms with E-state index in [-0.39, 0.29) is 0 Å². The van der Waals surface area contributed by atoms with Crippen molar-refractivity contribution in [3.63, 3.8) is 0 Å². The number of unbranched alkanes of at least 4 members (excludes halogenated alkanes) is 1. The molecule has 0 fully saturated rings. The molecule has 21 heavy (non-hydrogen) atoms. The molecule has 0 unspecified atom stereocenters. The van der Waals surface area contributed by atoms with Gasteiger partial charge in [0.05, 0.1) is 0 Å². The Bertz CT molecular complexity index is 570. The largest absolute Gasteiger partial charge is 0.103 e. The van der Waals surface area contributed by atoms with Crippen LogP contribution in [0.25, 0.3) is 11.1 Å². The summed E-state index contributed by atoms with van der Waals surface area (Å²) in [6.07, 6.45) is 10.9. The number of allylic oxidation sites excluding steroid dienone is 3. The van der Waals surface area contributed by atoms with E-state index in [1.54, 1.807) is 0 Å². The lowest BCUT2D eigenvalue weighted by Crippen LogP contribution is -1.84. The summed E-state index contributed by atoms with van der Waals surface area (Å²) in [6.45, 7) is 5.85. The predicted molar refractivity (Wildman–Crippen MR) is 93.5 cm³/mol. The molecule has 0 bridgehead atoms. The van der Waals surface area contributed by atoms with Crippen molar-refractivity contribution in [2.45, 2.75) is 32.6 Å². The van der Waals surface area contributed by atoms with Gasteiger partial charge in [-0.05, 0) is 49.3 Å². The first-order valence-electron chi connectivity index (χ1n) is 7.71. The second-order valence-electron chi connectivity index (χ2n) is 5.44. The van der Waals surface area contributed by atoms with Crippen LogP contribution in [-0.2, 0) is 6.42 Å². The summed E-state index contributed by atoms with van der Waals surface area (Å²) in [5.74, 6) is 0. The zero-order chi connectivity index (χ0) is 14.9. The van der Waals surface area contributed by atoms with Gasteiger partial charge in [-0.1, -0.05) is 72.3 Å². The van der Waals surface area contributed by atoms with E-state index < -0.39 is 0 Å². The van der Waals surface area contributed by atoms with E-state index in [4.69, 9.17) is 0 Å². The van der Waals surface area contributed by atoms with Crippen molar-refractivity contribution in [3.05, 3.63) is 84.5 Å². The van der Waals surface area contributed by atoms with Crippen molar-refractivity contribution >= 4 is 0 Å². The smallest absolute Gasteiger partial charge is 0.0184 e. The Labute approximate surface area is 128 Å². The zero-order valence-corrected chi connectivity index (χ0v) is 12.9. The Morgan fingerprint density at radius 1 is 0.762 bits per heavy atom. The Balaban J connectivity index is 1.88. The lowest BCUT2D eigenvalue weighted by Gasteiger charge is -2.04. The molecule has 2 rings (SSSR count). The fourth-order valence-corrected chi connectivity index (χ4v) is 2.31. The molecule has 0 amide bonds. The van der Waals surface area contributed by atoms with Crippen LogP contribution < -0.4 is 0 Å². The quantitative estimate of drug-likeness (QED) is 0.422. The maximum atomic E-state index is 3.73. The van der Waals surface area contributed by atoms with Crippen molar-refractivity contribution in [2.75, 3.05) is 0 Å². The van der Waals surface area contributed by atoms with Gasteiger partial charge in [0.15, 0.2) is 0 Å². The standard InChI is InChI=1S/C21H24/c1-3-4-5-6-7-8-9-19-12-16-21(17-13-19)20-14-10-18(2)11-15-20/h3,6-7,10-17H,1,4-5,8-9H2,2H3/b7-6+. The average Bonchev–Trinajstić information content (AvgIpc) is 2.52. The van der Waals surface area contributed by atoms with Crippen LogP contribution in [0.5, 0.6) is 0 Å². The van der Waals surface area contributed by atoms with Crippen molar-refractivity contribution in [2.24, 2.45) is 0 Å². The molecule has 108 valence electrons. The summed E-state index contributed by atoms with van der Waals surface area (Å²) in [7, 11) is 0. The molecule has 0 aliphatic heterocycles. The number of hydrogen-bond acceptors (Lipinski definition) is 0. The van der Waals surface area contributed by atoms with E-state index in [1.807, 2.05) is 6.08 Å². The van der Waals surface area contributed by atoms with E-state index in [2.05, 4.69) is 74.2 Å². The second kappa shape index (κ2) is 8.26. The lowest BCUT2D eigenvalue weighted by molar-refractivity contribution is 0.977. The van der Waals surface area contributed by atoms with Crippen LogP contribution in [0.1, 0.15) is 30.4 Å². The highest BCUT2D eigenvalue weighted by molar-refractivity contribution is 5.63. The molecule has 2 aromatic carbocycles. The molecule has 0 nitrogen and oxygen atoms in total. The molecule has 0 radical (unpaired) electrons. The van der Waals surface area contributed by atoms with Gasteiger partial charge in [0.1, 0.15) is 0 Å². The number of rotatable bonds is 7. The number of aryl methyl sites for hydroxylation is 2. The van der Waals surface area contributed by atoms with Crippen LogP contribution in [0.3, 0.4) is 0 Å². The maximum Gasteiger partial charge on any atom is -0.0184 e. The minimum absolute atomic E-state index is 1.07. The topological polar surface area (TPSA) is 0 Å². The lowest BCUT2D eigenvalue weighted by atomic mass is 10.0. The molecule has 0 heterocycles. The van der Waals surface area contributed by atoms with Crippen LogP contribution >= 0.6 is 0 Å². The molecular formula is C21H24. The molecule has 0 aliphatic rings. The molecule has 0 heteroatoms. The van der Waals surface area contributed by atoms with Gasteiger partial charge in [-0.3, -0.25) is 0 Å². The fourth-order valence-electron chi connectivity index (χ4n) is 2.31. The summed E-state index contributed by atoms with van der Waals surface area (Å²) in [6, 6.07) is 17.6. The highest BCUT2D eigenvalue weighted by Gasteiger charge is 1.97. The Hall–Kier alpha value is -2.08. The maximum absolute atomic E-state index is 3.73. The van der Waals surface area contributed by atoms with Gasteiger partial charge in [0, 0.05) is 0 Å². The van der Waals surface area contributed by atoms with Gasteiger partial charge in [0.2, 0.25) is 0 Å². The molecule has 0 N–H and O–H groups in total. The normalized spacial score (nSPS) is 10.9. The van der Waals surface area contributed by atoms with Gasteiger partial charge < -0.3 is 0 Å². The van der Waals surface area contributed by atoms with Gasteiger partial charge in [-0.2, -0.15) is 0 Å². The molecule has 2 aromatic rings. The van der Waals surface area contributed by atoms with Crippen molar-refractivity contribution < 1.29 is 0 Å². The van der Waals surface area contributed by atoms with Crippen LogP contribution in [0.2, 0.25) is 0 Å². The molecule has 0 spiro atoms. The Morgan fingerprint density at radius 2 is 1.33 bits per heavy atom. The van der Waals surface area contributed by atoms with Crippen LogP contribution in [0, 0.1) is 6.92 Å². The minimum atomic E-state index is 1.07.